The summed E-state index contributed by atoms with van der Waals surface area (Å²) in [5.41, 5.74) is 0. The summed E-state index contributed by atoms with van der Waals surface area (Å²) in [5, 5.41) is 0.574. The lowest BCUT2D eigenvalue weighted by Gasteiger charge is -2.03. The molecule has 1 rings (SSSR count). The second-order valence-electron chi connectivity index (χ2n) is 1.94. The molecule has 7 heteroatoms. The van der Waals surface area contributed by atoms with Crippen LogP contribution in [-0.2, 0) is 0 Å². The van der Waals surface area contributed by atoms with E-state index >= 15 is 0 Å². The zero-order valence-electron chi connectivity index (χ0n) is 6.23. The third kappa shape index (κ3) is 3.33. The molecule has 0 saturated heterocycles. The van der Waals surface area contributed by atoms with E-state index in [0.29, 0.717) is 16.5 Å². The van der Waals surface area contributed by atoms with Gasteiger partial charge in [-0.2, -0.15) is 0 Å². The Bertz CT molecular complexity index is 284. The average molecular weight is 278 g/mol. The fourth-order valence-corrected chi connectivity index (χ4v) is 2.45. The summed E-state index contributed by atoms with van der Waals surface area (Å²) in [7, 11) is 0. The summed E-state index contributed by atoms with van der Waals surface area (Å²) in [5.74, 6) is 1.21. The first-order valence-corrected chi connectivity index (χ1v) is 5.88. The number of hydrogen-bond acceptors (Lipinski definition) is 3. The van der Waals surface area contributed by atoms with Gasteiger partial charge in [0.1, 0.15) is 10.3 Å². The van der Waals surface area contributed by atoms with Gasteiger partial charge in [0.25, 0.3) is 0 Å². The van der Waals surface area contributed by atoms with E-state index in [-0.39, 0.29) is 15.6 Å². The zero-order chi connectivity index (χ0) is 9.84. The van der Waals surface area contributed by atoms with E-state index in [1.165, 1.54) is 11.8 Å². The van der Waals surface area contributed by atoms with Crippen LogP contribution in [0.15, 0.2) is 4.90 Å². The van der Waals surface area contributed by atoms with Gasteiger partial charge in [-0.3, -0.25) is 0 Å². The van der Waals surface area contributed by atoms with Gasteiger partial charge in [-0.05, 0) is 11.6 Å². The Morgan fingerprint density at radius 3 is 2.08 bits per heavy atom. The highest BCUT2D eigenvalue weighted by Gasteiger charge is 2.10. The molecule has 72 valence electrons. The lowest BCUT2D eigenvalue weighted by molar-refractivity contribution is 1.10. The maximum absolute atomic E-state index is 5.79. The van der Waals surface area contributed by atoms with Crippen LogP contribution in [0.2, 0.25) is 15.6 Å². The van der Waals surface area contributed by atoms with Gasteiger partial charge in [0, 0.05) is 11.6 Å². The van der Waals surface area contributed by atoms with Crippen molar-refractivity contribution in [1.82, 2.24) is 9.97 Å². The summed E-state index contributed by atoms with van der Waals surface area (Å²) in [6, 6.07) is 0. The van der Waals surface area contributed by atoms with E-state index in [1.54, 1.807) is 0 Å². The number of thioether (sulfide) groups is 1. The molecule has 1 heterocycles. The summed E-state index contributed by atoms with van der Waals surface area (Å²) in [4.78, 5) is 8.14. The SMILES string of the molecule is ClCCSc1c(Cl)nc(Cl)nc1Cl. The maximum Gasteiger partial charge on any atom is 0.225 e. The minimum atomic E-state index is 0.0465. The van der Waals surface area contributed by atoms with Crippen LogP contribution in [-0.4, -0.2) is 21.6 Å². The van der Waals surface area contributed by atoms with Gasteiger partial charge < -0.3 is 0 Å². The molecule has 13 heavy (non-hydrogen) atoms. The second kappa shape index (κ2) is 5.47. The molecule has 0 spiro atoms. The summed E-state index contributed by atoms with van der Waals surface area (Å²) < 4.78 is 0. The summed E-state index contributed by atoms with van der Waals surface area (Å²) >= 11 is 24.0. The highest BCUT2D eigenvalue weighted by Crippen LogP contribution is 2.32. The van der Waals surface area contributed by atoms with Crippen molar-refractivity contribution >= 4 is 58.2 Å². The highest BCUT2D eigenvalue weighted by molar-refractivity contribution is 7.99. The predicted octanol–water partition coefficient (Wildman–Crippen LogP) is 3.77. The molecule has 1 aromatic rings. The van der Waals surface area contributed by atoms with Crippen molar-refractivity contribution in [3.63, 3.8) is 0 Å². The molecular weight excluding hydrogens is 274 g/mol. The van der Waals surface area contributed by atoms with Crippen LogP contribution in [0.1, 0.15) is 0 Å². The van der Waals surface area contributed by atoms with Gasteiger partial charge in [0.2, 0.25) is 5.28 Å². The molecule has 1 aromatic heterocycles. The normalized spacial score (nSPS) is 10.5. The van der Waals surface area contributed by atoms with Gasteiger partial charge in [0.15, 0.2) is 0 Å². The number of alkyl halides is 1. The number of halogens is 4. The van der Waals surface area contributed by atoms with Crippen LogP contribution in [0.3, 0.4) is 0 Å². The Hall–Kier alpha value is 0.590. The van der Waals surface area contributed by atoms with E-state index in [9.17, 15) is 0 Å². The van der Waals surface area contributed by atoms with E-state index in [4.69, 9.17) is 46.4 Å². The number of nitrogens with zero attached hydrogens (tertiary/aromatic N) is 2. The van der Waals surface area contributed by atoms with E-state index in [1.807, 2.05) is 0 Å². The molecule has 0 saturated carbocycles. The minimum Gasteiger partial charge on any atom is -0.205 e. The predicted molar refractivity (Wildman–Crippen MR) is 58.5 cm³/mol. The molecule has 0 amide bonds. The van der Waals surface area contributed by atoms with Crippen LogP contribution in [0.5, 0.6) is 0 Å². The van der Waals surface area contributed by atoms with Crippen LogP contribution >= 0.6 is 58.2 Å². The molecule has 0 N–H and O–H groups in total. The Morgan fingerprint density at radius 1 is 1.08 bits per heavy atom. The van der Waals surface area contributed by atoms with Crippen molar-refractivity contribution < 1.29 is 0 Å². The average Bonchev–Trinajstić information content (AvgIpc) is 2.02. The molecule has 0 atom stereocenters. The highest BCUT2D eigenvalue weighted by atomic mass is 35.5. The Kier molecular flexibility index (Phi) is 4.90. The smallest absolute Gasteiger partial charge is 0.205 e. The zero-order valence-corrected chi connectivity index (χ0v) is 10.1. The molecule has 0 radical (unpaired) electrons. The monoisotopic (exact) mass is 276 g/mol. The molecule has 0 aromatic carbocycles. The topological polar surface area (TPSA) is 25.8 Å². The molecule has 0 unspecified atom stereocenters. The summed E-state index contributed by atoms with van der Waals surface area (Å²) in [6.45, 7) is 0. The quantitative estimate of drug-likeness (QED) is 0.364. The van der Waals surface area contributed by atoms with Gasteiger partial charge in [-0.15, -0.1) is 23.4 Å². The molecule has 0 aliphatic rings. The van der Waals surface area contributed by atoms with Crippen molar-refractivity contribution in [2.45, 2.75) is 4.90 Å². The van der Waals surface area contributed by atoms with Crippen LogP contribution in [0.25, 0.3) is 0 Å². The standard InChI is InChI=1S/C6H4Cl4N2S/c7-1-2-13-3-4(8)11-6(10)12-5(3)9/h1-2H2. The lowest BCUT2D eigenvalue weighted by Crippen LogP contribution is -1.90. The molecule has 0 bridgehead atoms. The first-order chi connectivity index (χ1) is 6.15. The molecule has 0 fully saturated rings. The van der Waals surface area contributed by atoms with Crippen molar-refractivity contribution in [3.8, 4) is 0 Å². The first kappa shape index (κ1) is 11.7. The van der Waals surface area contributed by atoms with Crippen molar-refractivity contribution in [2.75, 3.05) is 11.6 Å². The maximum atomic E-state index is 5.79. The molecule has 0 aliphatic heterocycles. The van der Waals surface area contributed by atoms with Crippen LogP contribution in [0, 0.1) is 0 Å². The first-order valence-electron chi connectivity index (χ1n) is 3.22. The van der Waals surface area contributed by atoms with E-state index in [2.05, 4.69) is 9.97 Å². The van der Waals surface area contributed by atoms with Gasteiger partial charge >= 0.3 is 0 Å². The van der Waals surface area contributed by atoms with Crippen molar-refractivity contribution in [3.05, 3.63) is 15.6 Å². The van der Waals surface area contributed by atoms with E-state index < -0.39 is 0 Å². The Morgan fingerprint density at radius 2 is 1.62 bits per heavy atom. The third-order valence-corrected chi connectivity index (χ3v) is 3.52. The van der Waals surface area contributed by atoms with Gasteiger partial charge in [-0.1, -0.05) is 23.2 Å². The fraction of sp³-hybridized carbons (Fsp3) is 0.333. The molecule has 2 nitrogen and oxygen atoms in total. The van der Waals surface area contributed by atoms with Crippen LogP contribution in [0.4, 0.5) is 0 Å². The minimum absolute atomic E-state index is 0.0465. The second-order valence-corrected chi connectivity index (χ2v) is 4.48. The summed E-state index contributed by atoms with van der Waals surface area (Å²) in [6.07, 6.45) is 0. The number of rotatable bonds is 3. The van der Waals surface area contributed by atoms with Crippen LogP contribution < -0.4 is 0 Å². The van der Waals surface area contributed by atoms with Gasteiger partial charge in [0.05, 0.1) is 4.90 Å². The lowest BCUT2D eigenvalue weighted by atomic mass is 10.7. The Balaban J connectivity index is 2.92. The van der Waals surface area contributed by atoms with Crippen molar-refractivity contribution in [2.24, 2.45) is 0 Å². The largest absolute Gasteiger partial charge is 0.225 e. The van der Waals surface area contributed by atoms with E-state index in [0.717, 1.165) is 0 Å². The molecule has 0 aliphatic carbocycles. The number of hydrogen-bond donors (Lipinski definition) is 0. The van der Waals surface area contributed by atoms with Gasteiger partial charge in [-0.25, -0.2) is 9.97 Å². The third-order valence-electron chi connectivity index (χ3n) is 1.08. The molecular formula is C6H4Cl4N2S. The Labute approximate surface area is 99.9 Å². The van der Waals surface area contributed by atoms with Crippen molar-refractivity contribution in [1.29, 1.82) is 0 Å². The fourth-order valence-electron chi connectivity index (χ4n) is 0.633. The number of aromatic nitrogens is 2.